The number of nitrogens with zero attached hydrogens (tertiary/aromatic N) is 2. The first-order valence-electron chi connectivity index (χ1n) is 10.5. The van der Waals surface area contributed by atoms with Gasteiger partial charge in [-0.05, 0) is 46.6 Å². The Hall–Kier alpha value is -2.22. The Bertz CT molecular complexity index is 861. The summed E-state index contributed by atoms with van der Waals surface area (Å²) < 4.78 is 18.5. The minimum atomic E-state index is -0.869. The summed E-state index contributed by atoms with van der Waals surface area (Å²) in [5, 5.41) is 2.74. The molecule has 7 heteroatoms. The van der Waals surface area contributed by atoms with E-state index in [0.717, 1.165) is 10.6 Å². The minimum Gasteiger partial charge on any atom is -0.444 e. The van der Waals surface area contributed by atoms with Gasteiger partial charge in [0.1, 0.15) is 28.5 Å². The quantitative estimate of drug-likeness (QED) is 0.511. The molecule has 3 atom stereocenters. The van der Waals surface area contributed by atoms with Gasteiger partial charge >= 0.3 is 6.09 Å². The molecular weight excluding hydrogens is 412 g/mol. The average molecular weight is 445 g/mol. The summed E-state index contributed by atoms with van der Waals surface area (Å²) in [5.74, 6) is 0. The summed E-state index contributed by atoms with van der Waals surface area (Å²) in [6, 6.07) is 9.68. The van der Waals surface area contributed by atoms with Crippen LogP contribution in [-0.4, -0.2) is 39.4 Å². The fourth-order valence-corrected chi connectivity index (χ4v) is 4.52. The molecule has 1 amide bonds. The maximum Gasteiger partial charge on any atom is 0.412 e. The van der Waals surface area contributed by atoms with Crippen LogP contribution in [0, 0.1) is 0 Å². The Morgan fingerprint density at radius 3 is 2.65 bits per heavy atom. The summed E-state index contributed by atoms with van der Waals surface area (Å²) in [6.07, 6.45) is 2.84. The number of rotatable bonds is 7. The van der Waals surface area contributed by atoms with E-state index in [4.69, 9.17) is 14.2 Å². The van der Waals surface area contributed by atoms with Gasteiger partial charge in [-0.2, -0.15) is 0 Å². The topological polar surface area (TPSA) is 60.9 Å². The minimum absolute atomic E-state index is 0.299. The number of ether oxygens (including phenoxy) is 3. The Balaban J connectivity index is 1.91. The molecule has 1 aliphatic rings. The van der Waals surface area contributed by atoms with Crippen molar-refractivity contribution in [3.63, 3.8) is 0 Å². The second kappa shape index (κ2) is 9.51. The second-order valence-electron chi connectivity index (χ2n) is 9.06. The van der Waals surface area contributed by atoms with Crippen LogP contribution in [0.1, 0.15) is 57.7 Å². The van der Waals surface area contributed by atoms with Crippen molar-refractivity contribution in [1.29, 1.82) is 0 Å². The maximum atomic E-state index is 13.1. The summed E-state index contributed by atoms with van der Waals surface area (Å²) in [5.41, 5.74) is -0.417. The van der Waals surface area contributed by atoms with Crippen molar-refractivity contribution >= 4 is 17.4 Å². The van der Waals surface area contributed by atoms with Crippen LogP contribution in [0.15, 0.2) is 54.6 Å². The predicted octanol–water partition coefficient (Wildman–Crippen LogP) is 5.72. The number of hydrogen-bond donors (Lipinski definition) is 0. The van der Waals surface area contributed by atoms with Crippen LogP contribution in [0.3, 0.4) is 0 Å². The molecule has 6 nitrogen and oxygen atoms in total. The Morgan fingerprint density at radius 2 is 2.06 bits per heavy atom. The second-order valence-corrected chi connectivity index (χ2v) is 9.98. The molecule has 0 spiro atoms. The molecule has 0 saturated carbocycles. The number of hydrogen-bond acceptors (Lipinski definition) is 6. The van der Waals surface area contributed by atoms with Gasteiger partial charge in [0, 0.05) is 11.6 Å². The van der Waals surface area contributed by atoms with Crippen molar-refractivity contribution in [3.8, 4) is 0 Å². The first-order chi connectivity index (χ1) is 14.6. The molecule has 31 heavy (non-hydrogen) atoms. The Morgan fingerprint density at radius 1 is 1.35 bits per heavy atom. The van der Waals surface area contributed by atoms with E-state index in [1.54, 1.807) is 17.2 Å². The molecule has 2 heterocycles. The number of benzene rings is 1. The summed E-state index contributed by atoms with van der Waals surface area (Å²) in [7, 11) is 0. The van der Waals surface area contributed by atoms with Crippen molar-refractivity contribution in [3.05, 3.63) is 65.1 Å². The lowest BCUT2D eigenvalue weighted by Gasteiger charge is -2.35. The molecule has 0 N–H and O–H groups in total. The van der Waals surface area contributed by atoms with Crippen molar-refractivity contribution in [2.45, 2.75) is 77.2 Å². The number of aromatic nitrogens is 1. The number of carbonyl (C=O) groups excluding carboxylic acids is 1. The van der Waals surface area contributed by atoms with Gasteiger partial charge in [-0.15, -0.1) is 17.9 Å². The Labute approximate surface area is 188 Å². The van der Waals surface area contributed by atoms with Crippen molar-refractivity contribution in [2.24, 2.45) is 0 Å². The average Bonchev–Trinajstić information content (AvgIpc) is 3.28. The largest absolute Gasteiger partial charge is 0.444 e. The third-order valence-corrected chi connectivity index (χ3v) is 5.82. The van der Waals surface area contributed by atoms with Crippen LogP contribution in [0.25, 0.3) is 0 Å². The fourth-order valence-electron chi connectivity index (χ4n) is 3.80. The van der Waals surface area contributed by atoms with Crippen LogP contribution >= 0.6 is 11.3 Å². The number of carbonyl (C=O) groups is 1. The van der Waals surface area contributed by atoms with E-state index < -0.39 is 29.6 Å². The molecule has 1 aliphatic heterocycles. The van der Waals surface area contributed by atoms with Crippen LogP contribution in [0.4, 0.5) is 4.79 Å². The zero-order valence-electron chi connectivity index (χ0n) is 18.9. The summed E-state index contributed by atoms with van der Waals surface area (Å²) in [4.78, 5) is 19.3. The molecule has 1 fully saturated rings. The van der Waals surface area contributed by atoms with Gasteiger partial charge in [-0.25, -0.2) is 9.78 Å². The van der Waals surface area contributed by atoms with E-state index >= 15 is 0 Å². The molecule has 0 bridgehead atoms. The van der Waals surface area contributed by atoms with Gasteiger partial charge in [-0.1, -0.05) is 36.4 Å². The molecular formula is C24H32N2O4S. The van der Waals surface area contributed by atoms with Crippen molar-refractivity contribution < 1.29 is 19.0 Å². The fraction of sp³-hybridized carbons (Fsp3) is 0.500. The number of amides is 1. The van der Waals surface area contributed by atoms with Gasteiger partial charge in [0.05, 0.1) is 12.6 Å². The van der Waals surface area contributed by atoms with Crippen molar-refractivity contribution in [2.75, 3.05) is 0 Å². The molecule has 168 valence electrons. The first-order valence-corrected chi connectivity index (χ1v) is 11.4. The van der Waals surface area contributed by atoms with Gasteiger partial charge in [0.15, 0.2) is 0 Å². The van der Waals surface area contributed by atoms with Gasteiger partial charge in [0.25, 0.3) is 0 Å². The highest BCUT2D eigenvalue weighted by Crippen LogP contribution is 2.42. The summed E-state index contributed by atoms with van der Waals surface area (Å²) >= 11 is 1.52. The van der Waals surface area contributed by atoms with E-state index in [0.29, 0.717) is 13.0 Å². The SMILES string of the molecule is C=CC[C@H]1[C@@H]([C@H](OCc2ccccc2)c2nccs2)OC(C)(C)N1C(=O)OC(C)(C)C. The lowest BCUT2D eigenvalue weighted by molar-refractivity contribution is -0.121. The third-order valence-electron chi connectivity index (χ3n) is 4.98. The molecule has 0 radical (unpaired) electrons. The lowest BCUT2D eigenvalue weighted by Crippen LogP contribution is -2.50. The maximum absolute atomic E-state index is 13.1. The van der Waals surface area contributed by atoms with E-state index in [1.165, 1.54) is 11.3 Å². The molecule has 1 saturated heterocycles. The monoisotopic (exact) mass is 444 g/mol. The van der Waals surface area contributed by atoms with E-state index in [9.17, 15) is 4.79 Å². The van der Waals surface area contributed by atoms with Crippen LogP contribution in [0.5, 0.6) is 0 Å². The molecule has 0 aliphatic carbocycles. The highest BCUT2D eigenvalue weighted by Gasteiger charge is 2.54. The lowest BCUT2D eigenvalue weighted by atomic mass is 10.0. The smallest absolute Gasteiger partial charge is 0.412 e. The first kappa shape index (κ1) is 23.4. The van der Waals surface area contributed by atoms with E-state index in [-0.39, 0.29) is 6.04 Å². The molecule has 0 unspecified atom stereocenters. The molecule has 1 aromatic heterocycles. The normalized spacial score (nSPS) is 21.6. The number of thiazole rings is 1. The molecule has 3 rings (SSSR count). The highest BCUT2D eigenvalue weighted by molar-refractivity contribution is 7.09. The van der Waals surface area contributed by atoms with Gasteiger partial charge in [0.2, 0.25) is 0 Å². The Kier molecular flexibility index (Phi) is 7.19. The molecule has 2 aromatic rings. The van der Waals surface area contributed by atoms with Crippen LogP contribution in [0.2, 0.25) is 0 Å². The molecule has 1 aromatic carbocycles. The van der Waals surface area contributed by atoms with Gasteiger partial charge < -0.3 is 14.2 Å². The summed E-state index contributed by atoms with van der Waals surface area (Å²) in [6.45, 7) is 13.6. The third kappa shape index (κ3) is 5.73. The van der Waals surface area contributed by atoms with Crippen molar-refractivity contribution in [1.82, 2.24) is 9.88 Å². The zero-order chi connectivity index (χ0) is 22.6. The zero-order valence-corrected chi connectivity index (χ0v) is 19.7. The van der Waals surface area contributed by atoms with E-state index in [1.807, 2.05) is 70.3 Å². The standard InChI is InChI=1S/C24H32N2O4S/c1-7-11-18-19(29-24(5,6)26(18)22(27)30-23(2,3)4)20(21-25-14-15-31-21)28-16-17-12-9-8-10-13-17/h7-10,12-15,18-20H,1,11,16H2,2-6H3/t18-,19-,20-/m0/s1. The van der Waals surface area contributed by atoms with E-state index in [2.05, 4.69) is 11.6 Å². The highest BCUT2D eigenvalue weighted by atomic mass is 32.1. The van der Waals surface area contributed by atoms with Crippen LogP contribution in [-0.2, 0) is 20.8 Å². The predicted molar refractivity (Wildman–Crippen MR) is 122 cm³/mol. The van der Waals surface area contributed by atoms with Gasteiger partial charge in [-0.3, -0.25) is 4.90 Å². The van der Waals surface area contributed by atoms with Crippen LogP contribution < -0.4 is 0 Å².